The molecule has 0 aromatic rings. The fourth-order valence-corrected chi connectivity index (χ4v) is 6.96. The number of hydrogen-bond acceptors (Lipinski definition) is 6. The molecule has 0 saturated heterocycles. The predicted molar refractivity (Wildman–Crippen MR) is 279 cm³/mol. The highest BCUT2D eigenvalue weighted by Gasteiger charge is 2.19. The minimum atomic E-state index is -0.813. The van der Waals surface area contributed by atoms with E-state index in [0.29, 0.717) is 19.3 Å². The van der Waals surface area contributed by atoms with Gasteiger partial charge in [-0.2, -0.15) is 0 Å². The lowest BCUT2D eigenvalue weighted by molar-refractivity contribution is -0.167. The Morgan fingerprint density at radius 3 is 0.923 bits per heavy atom. The van der Waals surface area contributed by atoms with Gasteiger partial charge in [-0.1, -0.05) is 195 Å². The third-order valence-electron chi connectivity index (χ3n) is 11.0. The highest BCUT2D eigenvalue weighted by atomic mass is 16.6. The Morgan fingerprint density at radius 1 is 0.308 bits per heavy atom. The van der Waals surface area contributed by atoms with Gasteiger partial charge < -0.3 is 14.2 Å². The minimum absolute atomic E-state index is 0.109. The minimum Gasteiger partial charge on any atom is -0.462 e. The monoisotopic (exact) mass is 903 g/mol. The van der Waals surface area contributed by atoms with E-state index in [-0.39, 0.29) is 37.5 Å². The van der Waals surface area contributed by atoms with Crippen molar-refractivity contribution in [2.75, 3.05) is 13.2 Å². The summed E-state index contributed by atoms with van der Waals surface area (Å²) in [6, 6.07) is 0. The molecule has 65 heavy (non-hydrogen) atoms. The fourth-order valence-electron chi connectivity index (χ4n) is 6.96. The second-order valence-electron chi connectivity index (χ2n) is 17.4. The van der Waals surface area contributed by atoms with Crippen molar-refractivity contribution in [3.8, 4) is 0 Å². The summed E-state index contributed by atoms with van der Waals surface area (Å²) in [6.07, 6.45) is 69.6. The average Bonchev–Trinajstić information content (AvgIpc) is 3.30. The van der Waals surface area contributed by atoms with E-state index in [1.165, 1.54) is 77.0 Å². The van der Waals surface area contributed by atoms with Crippen LogP contribution >= 0.6 is 0 Å². The zero-order chi connectivity index (χ0) is 47.2. The molecule has 0 rings (SSSR count). The summed E-state index contributed by atoms with van der Waals surface area (Å²) in [5, 5.41) is 0. The lowest BCUT2D eigenvalue weighted by atomic mass is 10.1. The smallest absolute Gasteiger partial charge is 0.306 e. The van der Waals surface area contributed by atoms with Crippen molar-refractivity contribution >= 4 is 17.9 Å². The van der Waals surface area contributed by atoms with Gasteiger partial charge in [-0.05, 0) is 122 Å². The van der Waals surface area contributed by atoms with Crippen molar-refractivity contribution in [1.29, 1.82) is 0 Å². The number of unbranched alkanes of at least 4 members (excludes halogenated alkanes) is 20. The third kappa shape index (κ3) is 51.2. The molecule has 0 aliphatic rings. The summed E-state index contributed by atoms with van der Waals surface area (Å²) in [5.74, 6) is -0.995. The number of carbonyl (C=O) groups is 3. The fraction of sp³-hybridized carbons (Fsp3) is 0.678. The van der Waals surface area contributed by atoms with Gasteiger partial charge in [0.25, 0.3) is 0 Å². The summed E-state index contributed by atoms with van der Waals surface area (Å²) in [5.41, 5.74) is 0. The largest absolute Gasteiger partial charge is 0.462 e. The van der Waals surface area contributed by atoms with Crippen molar-refractivity contribution in [2.24, 2.45) is 0 Å². The highest BCUT2D eigenvalue weighted by Crippen LogP contribution is 2.13. The molecule has 0 aliphatic carbocycles. The second kappa shape index (κ2) is 52.9. The molecule has 0 aromatic carbocycles. The van der Waals surface area contributed by atoms with E-state index in [4.69, 9.17) is 14.2 Å². The first kappa shape index (κ1) is 61.3. The number of rotatable bonds is 47. The lowest BCUT2D eigenvalue weighted by Crippen LogP contribution is -2.30. The summed E-state index contributed by atoms with van der Waals surface area (Å²) in [6.45, 7) is 6.48. The molecule has 0 bridgehead atoms. The molecule has 6 nitrogen and oxygen atoms in total. The number of esters is 3. The first-order valence-corrected chi connectivity index (χ1v) is 26.7. The SMILES string of the molecule is CCCCCC=CCC=CCC=CCC=CCCCC(=O)OC[C@@H](COC(=O)CCCCCCCC=CCC=CCCCCC)OC(=O)CCCCCCCC=CCC=CCCCCC. The van der Waals surface area contributed by atoms with Gasteiger partial charge in [0.15, 0.2) is 6.10 Å². The molecular formula is C59H98O6. The Hall–Kier alpha value is -3.67. The van der Waals surface area contributed by atoms with Crippen LogP contribution in [0, 0.1) is 0 Å². The molecule has 0 amide bonds. The molecule has 0 spiro atoms. The summed E-state index contributed by atoms with van der Waals surface area (Å²) in [7, 11) is 0. The molecule has 0 radical (unpaired) electrons. The number of ether oxygens (including phenoxy) is 3. The van der Waals surface area contributed by atoms with Gasteiger partial charge in [0.05, 0.1) is 0 Å². The molecule has 0 N–H and O–H groups in total. The van der Waals surface area contributed by atoms with Crippen LogP contribution in [0.15, 0.2) is 97.2 Å². The van der Waals surface area contributed by atoms with E-state index in [1.807, 2.05) is 0 Å². The molecule has 0 unspecified atom stereocenters. The normalized spacial score (nSPS) is 12.8. The topological polar surface area (TPSA) is 78.9 Å². The van der Waals surface area contributed by atoms with Crippen molar-refractivity contribution in [3.63, 3.8) is 0 Å². The highest BCUT2D eigenvalue weighted by molar-refractivity contribution is 5.71. The van der Waals surface area contributed by atoms with Crippen LogP contribution in [0.4, 0.5) is 0 Å². The maximum Gasteiger partial charge on any atom is 0.306 e. The quantitative estimate of drug-likeness (QED) is 0.0262. The predicted octanol–water partition coefficient (Wildman–Crippen LogP) is 17.8. The Balaban J connectivity index is 4.53. The maximum atomic E-state index is 12.8. The van der Waals surface area contributed by atoms with Crippen LogP contribution in [-0.2, 0) is 28.6 Å². The molecule has 0 aromatic heterocycles. The van der Waals surface area contributed by atoms with Crippen LogP contribution in [0.1, 0.15) is 239 Å². The van der Waals surface area contributed by atoms with E-state index in [0.717, 1.165) is 116 Å². The second-order valence-corrected chi connectivity index (χ2v) is 17.4. The van der Waals surface area contributed by atoms with Gasteiger partial charge in [-0.3, -0.25) is 14.4 Å². The van der Waals surface area contributed by atoms with Crippen LogP contribution in [0.2, 0.25) is 0 Å². The van der Waals surface area contributed by atoms with E-state index in [2.05, 4.69) is 118 Å². The van der Waals surface area contributed by atoms with Gasteiger partial charge in [0.2, 0.25) is 0 Å². The molecule has 0 fully saturated rings. The van der Waals surface area contributed by atoms with E-state index in [9.17, 15) is 14.4 Å². The van der Waals surface area contributed by atoms with E-state index < -0.39 is 6.10 Å². The summed E-state index contributed by atoms with van der Waals surface area (Å²) >= 11 is 0. The van der Waals surface area contributed by atoms with Crippen LogP contribution in [-0.4, -0.2) is 37.2 Å². The Morgan fingerprint density at radius 2 is 0.569 bits per heavy atom. The van der Waals surface area contributed by atoms with Gasteiger partial charge >= 0.3 is 17.9 Å². The molecule has 1 atom stereocenters. The first-order chi connectivity index (χ1) is 32.0. The third-order valence-corrected chi connectivity index (χ3v) is 11.0. The zero-order valence-electron chi connectivity index (χ0n) is 42.2. The number of carbonyl (C=O) groups excluding carboxylic acids is 3. The Kier molecular flexibility index (Phi) is 50.0. The van der Waals surface area contributed by atoms with Crippen molar-refractivity contribution in [1.82, 2.24) is 0 Å². The molecule has 370 valence electrons. The maximum absolute atomic E-state index is 12.8. The Bertz CT molecular complexity index is 1310. The number of allylic oxidation sites excluding steroid dienone is 16. The van der Waals surface area contributed by atoms with Gasteiger partial charge in [-0.25, -0.2) is 0 Å². The summed E-state index contributed by atoms with van der Waals surface area (Å²) in [4.78, 5) is 38.0. The van der Waals surface area contributed by atoms with Crippen LogP contribution in [0.3, 0.4) is 0 Å². The average molecular weight is 903 g/mol. The zero-order valence-corrected chi connectivity index (χ0v) is 42.2. The van der Waals surface area contributed by atoms with Crippen LogP contribution in [0.25, 0.3) is 0 Å². The van der Waals surface area contributed by atoms with Gasteiger partial charge in [0, 0.05) is 19.3 Å². The standard InChI is InChI=1S/C59H98O6/c1-4-7-10-13-16-19-22-25-28-29-32-34-37-40-43-46-49-52-58(61)64-55-56(65-59(62)53-50-47-44-41-38-35-31-27-24-21-18-15-12-9-6-3)54-63-57(60)51-48-45-42-39-36-33-30-26-23-20-17-14-11-8-5-2/h16-21,25-28,30-32,34,40,43,56H,4-15,22-24,29,33,35-39,41-42,44-55H2,1-3H3/t56-/m1/s1. The first-order valence-electron chi connectivity index (χ1n) is 26.7. The summed E-state index contributed by atoms with van der Waals surface area (Å²) < 4.78 is 16.7. The van der Waals surface area contributed by atoms with Crippen molar-refractivity contribution in [2.45, 2.75) is 245 Å². The molecule has 0 heterocycles. The molecule has 0 aliphatic heterocycles. The molecular weight excluding hydrogens is 805 g/mol. The molecule has 0 saturated carbocycles. The van der Waals surface area contributed by atoms with Crippen molar-refractivity contribution in [3.05, 3.63) is 97.2 Å². The van der Waals surface area contributed by atoms with Gasteiger partial charge in [-0.15, -0.1) is 0 Å². The lowest BCUT2D eigenvalue weighted by Gasteiger charge is -2.18. The van der Waals surface area contributed by atoms with E-state index >= 15 is 0 Å². The molecule has 6 heteroatoms. The van der Waals surface area contributed by atoms with Crippen LogP contribution in [0.5, 0.6) is 0 Å². The van der Waals surface area contributed by atoms with Crippen molar-refractivity contribution < 1.29 is 28.6 Å². The van der Waals surface area contributed by atoms with Gasteiger partial charge in [0.1, 0.15) is 13.2 Å². The van der Waals surface area contributed by atoms with E-state index in [1.54, 1.807) is 0 Å². The van der Waals surface area contributed by atoms with Crippen LogP contribution < -0.4 is 0 Å². The number of hydrogen-bond donors (Lipinski definition) is 0. The Labute approximate surface area is 400 Å².